The Kier molecular flexibility index (Phi) is 11.8. The van der Waals surface area contributed by atoms with Crippen LogP contribution in [0, 0.1) is 10.8 Å². The number of hydrogen-bond acceptors (Lipinski definition) is 9. The maximum Gasteiger partial charge on any atom is 0.511 e. The standard InChI is InChI=1S/C30H47NO9/c1-12-19(2)31-30(25(34)35,40-26(36)39-29(9,10)11)16-20-13-14-21(37-23(32)17-27(3,4)5)22(15-20)38-24(33)18-28(6,7)8/h13-15,19,31H,12,16-18H2,1-11H3,(H,34,35)/t19?,30-/m0/s1. The van der Waals surface area contributed by atoms with Crippen LogP contribution in [0.25, 0.3) is 0 Å². The molecule has 0 aliphatic carbocycles. The van der Waals surface area contributed by atoms with Crippen molar-refractivity contribution in [2.24, 2.45) is 10.8 Å². The Hall–Kier alpha value is -3.14. The van der Waals surface area contributed by atoms with Gasteiger partial charge in [-0.25, -0.2) is 9.59 Å². The Morgan fingerprint density at radius 3 is 1.75 bits per heavy atom. The van der Waals surface area contributed by atoms with Crippen molar-refractivity contribution in [3.63, 3.8) is 0 Å². The molecule has 0 fully saturated rings. The van der Waals surface area contributed by atoms with Gasteiger partial charge in [0.05, 0.1) is 12.8 Å². The predicted molar refractivity (Wildman–Crippen MR) is 150 cm³/mol. The number of carboxylic acids is 1. The zero-order valence-electron chi connectivity index (χ0n) is 25.9. The van der Waals surface area contributed by atoms with Crippen LogP contribution in [0.4, 0.5) is 4.79 Å². The summed E-state index contributed by atoms with van der Waals surface area (Å²) in [5.41, 5.74) is -3.46. The molecule has 0 radical (unpaired) electrons. The molecule has 0 aliphatic heterocycles. The lowest BCUT2D eigenvalue weighted by molar-refractivity contribution is -0.169. The summed E-state index contributed by atoms with van der Waals surface area (Å²) in [6.45, 7) is 19.8. The molecule has 0 aliphatic rings. The number of hydrogen-bond donors (Lipinski definition) is 2. The molecule has 226 valence electrons. The monoisotopic (exact) mass is 565 g/mol. The van der Waals surface area contributed by atoms with Crippen molar-refractivity contribution < 1.29 is 43.2 Å². The van der Waals surface area contributed by atoms with Crippen molar-refractivity contribution >= 4 is 24.1 Å². The van der Waals surface area contributed by atoms with E-state index in [0.717, 1.165) is 0 Å². The Labute approximate surface area is 238 Å². The van der Waals surface area contributed by atoms with E-state index in [1.165, 1.54) is 18.2 Å². The second kappa shape index (κ2) is 13.5. The van der Waals surface area contributed by atoms with Gasteiger partial charge in [0, 0.05) is 12.5 Å². The van der Waals surface area contributed by atoms with Crippen LogP contribution in [0.5, 0.6) is 11.5 Å². The number of rotatable bonds is 11. The van der Waals surface area contributed by atoms with E-state index < -0.39 is 35.4 Å². The molecule has 40 heavy (non-hydrogen) atoms. The summed E-state index contributed by atoms with van der Waals surface area (Å²) < 4.78 is 21.8. The third-order valence-corrected chi connectivity index (χ3v) is 5.34. The molecule has 0 bridgehead atoms. The van der Waals surface area contributed by atoms with Gasteiger partial charge in [-0.1, -0.05) is 54.5 Å². The van der Waals surface area contributed by atoms with Gasteiger partial charge in [-0.3, -0.25) is 14.9 Å². The first-order valence-corrected chi connectivity index (χ1v) is 13.5. The van der Waals surface area contributed by atoms with Gasteiger partial charge in [0.2, 0.25) is 0 Å². The highest BCUT2D eigenvalue weighted by Crippen LogP contribution is 2.33. The molecule has 0 saturated heterocycles. The summed E-state index contributed by atoms with van der Waals surface area (Å²) in [5.74, 6) is -2.53. The summed E-state index contributed by atoms with van der Waals surface area (Å²) in [6.07, 6.45) is -0.746. The van der Waals surface area contributed by atoms with Crippen LogP contribution < -0.4 is 14.8 Å². The third kappa shape index (κ3) is 12.8. The number of ether oxygens (including phenoxy) is 4. The second-order valence-electron chi connectivity index (χ2n) is 13.5. The molecule has 1 unspecified atom stereocenters. The summed E-state index contributed by atoms with van der Waals surface area (Å²) in [5, 5.41) is 13.1. The van der Waals surface area contributed by atoms with Crippen LogP contribution in [0.3, 0.4) is 0 Å². The number of nitrogens with one attached hydrogen (secondary N) is 1. The number of aliphatic carboxylic acids is 1. The van der Waals surface area contributed by atoms with E-state index in [1.807, 2.05) is 48.5 Å². The van der Waals surface area contributed by atoms with Gasteiger partial charge in [-0.2, -0.15) is 0 Å². The highest BCUT2D eigenvalue weighted by Gasteiger charge is 2.45. The second-order valence-corrected chi connectivity index (χ2v) is 13.5. The normalized spacial score (nSPS) is 14.5. The van der Waals surface area contributed by atoms with Crippen molar-refractivity contribution in [2.75, 3.05) is 0 Å². The highest BCUT2D eigenvalue weighted by molar-refractivity contribution is 5.81. The summed E-state index contributed by atoms with van der Waals surface area (Å²) >= 11 is 0. The van der Waals surface area contributed by atoms with Gasteiger partial charge in [0.1, 0.15) is 5.60 Å². The van der Waals surface area contributed by atoms with E-state index in [0.29, 0.717) is 12.0 Å². The Morgan fingerprint density at radius 2 is 1.32 bits per heavy atom. The average Bonchev–Trinajstić information content (AvgIpc) is 2.71. The zero-order valence-corrected chi connectivity index (χ0v) is 25.9. The first kappa shape index (κ1) is 34.9. The van der Waals surface area contributed by atoms with Crippen LogP contribution >= 0.6 is 0 Å². The minimum Gasteiger partial charge on any atom is -0.477 e. The summed E-state index contributed by atoms with van der Waals surface area (Å²) in [6, 6.07) is 4.02. The fraction of sp³-hybridized carbons (Fsp3) is 0.667. The van der Waals surface area contributed by atoms with Gasteiger partial charge in [-0.05, 0) is 62.6 Å². The van der Waals surface area contributed by atoms with Crippen LogP contribution in [0.2, 0.25) is 0 Å². The molecule has 0 amide bonds. The summed E-state index contributed by atoms with van der Waals surface area (Å²) in [4.78, 5) is 50.5. The molecule has 0 aromatic heterocycles. The minimum absolute atomic E-state index is 0.0177. The maximum atomic E-state index is 12.7. The molecule has 0 heterocycles. The fourth-order valence-electron chi connectivity index (χ4n) is 3.51. The Balaban J connectivity index is 3.53. The Bertz CT molecular complexity index is 1060. The smallest absolute Gasteiger partial charge is 0.477 e. The van der Waals surface area contributed by atoms with E-state index in [-0.39, 0.29) is 47.6 Å². The number of carbonyl (C=O) groups excluding carboxylic acids is 3. The van der Waals surface area contributed by atoms with Gasteiger partial charge in [0.15, 0.2) is 11.5 Å². The van der Waals surface area contributed by atoms with Crippen molar-refractivity contribution in [1.82, 2.24) is 5.32 Å². The van der Waals surface area contributed by atoms with E-state index in [2.05, 4.69) is 5.32 Å². The minimum atomic E-state index is -2.20. The number of carbonyl (C=O) groups is 4. The molecule has 1 aromatic carbocycles. The topological polar surface area (TPSA) is 137 Å². The van der Waals surface area contributed by atoms with Crippen molar-refractivity contribution in [3.05, 3.63) is 23.8 Å². The van der Waals surface area contributed by atoms with Gasteiger partial charge < -0.3 is 24.1 Å². The lowest BCUT2D eigenvalue weighted by Crippen LogP contribution is -2.60. The van der Waals surface area contributed by atoms with Crippen molar-refractivity contribution in [2.45, 2.75) is 119 Å². The SMILES string of the molecule is CCC(C)N[C@@](Cc1ccc(OC(=O)CC(C)(C)C)c(OC(=O)CC(C)(C)C)c1)(OC(=O)OC(C)(C)C)C(=O)O. The lowest BCUT2D eigenvalue weighted by atomic mass is 9.92. The molecule has 2 N–H and O–H groups in total. The molecule has 0 saturated carbocycles. The first-order chi connectivity index (χ1) is 18.0. The highest BCUT2D eigenvalue weighted by atomic mass is 16.8. The van der Waals surface area contributed by atoms with Crippen LogP contribution in [-0.2, 0) is 30.3 Å². The van der Waals surface area contributed by atoms with E-state index in [9.17, 15) is 24.3 Å². The lowest BCUT2D eigenvalue weighted by Gasteiger charge is -2.33. The summed E-state index contributed by atoms with van der Waals surface area (Å²) in [7, 11) is 0. The third-order valence-electron chi connectivity index (χ3n) is 5.34. The van der Waals surface area contributed by atoms with Crippen LogP contribution in [0.1, 0.15) is 101 Å². The zero-order chi connectivity index (χ0) is 31.1. The number of benzene rings is 1. The van der Waals surface area contributed by atoms with Gasteiger partial charge in [0.25, 0.3) is 5.72 Å². The molecule has 1 rings (SSSR count). The van der Waals surface area contributed by atoms with E-state index in [1.54, 1.807) is 27.7 Å². The van der Waals surface area contributed by atoms with Gasteiger partial charge >= 0.3 is 24.1 Å². The van der Waals surface area contributed by atoms with Crippen molar-refractivity contribution in [3.8, 4) is 11.5 Å². The number of esters is 2. The Morgan fingerprint density at radius 1 is 0.825 bits per heavy atom. The maximum absolute atomic E-state index is 12.7. The first-order valence-electron chi connectivity index (χ1n) is 13.5. The van der Waals surface area contributed by atoms with E-state index in [4.69, 9.17) is 18.9 Å². The van der Waals surface area contributed by atoms with E-state index >= 15 is 0 Å². The molecular weight excluding hydrogens is 518 g/mol. The molecule has 0 spiro atoms. The quantitative estimate of drug-likeness (QED) is 0.186. The number of carboxylic acid groups (broad SMARTS) is 1. The van der Waals surface area contributed by atoms with Gasteiger partial charge in [-0.15, -0.1) is 0 Å². The molecule has 2 atom stereocenters. The largest absolute Gasteiger partial charge is 0.511 e. The molecule has 10 nitrogen and oxygen atoms in total. The van der Waals surface area contributed by atoms with Crippen LogP contribution in [0.15, 0.2) is 18.2 Å². The predicted octanol–water partition coefficient (Wildman–Crippen LogP) is 6.03. The van der Waals surface area contributed by atoms with Crippen molar-refractivity contribution in [1.29, 1.82) is 0 Å². The average molecular weight is 566 g/mol. The van der Waals surface area contributed by atoms with Crippen LogP contribution in [-0.4, -0.2) is 46.5 Å². The molecule has 10 heteroatoms. The molecule has 1 aromatic rings. The molecular formula is C30H47NO9. The fourth-order valence-corrected chi connectivity index (χ4v) is 3.51.